The molecule has 1 aromatic heterocycles. The van der Waals surface area contributed by atoms with Crippen LogP contribution in [0.3, 0.4) is 0 Å². The third-order valence-electron chi connectivity index (χ3n) is 2.92. The molecule has 1 heterocycles. The van der Waals surface area contributed by atoms with Crippen molar-refractivity contribution in [2.24, 2.45) is 0 Å². The van der Waals surface area contributed by atoms with Gasteiger partial charge in [-0.1, -0.05) is 29.3 Å². The molecule has 1 N–H and O–H groups in total. The van der Waals surface area contributed by atoms with E-state index < -0.39 is 0 Å². The van der Waals surface area contributed by atoms with Crippen LogP contribution in [-0.2, 0) is 0 Å². The Morgan fingerprint density at radius 2 is 1.90 bits per heavy atom. The monoisotopic (exact) mass is 390 g/mol. The molecule has 0 bridgehead atoms. The molecule has 0 atom stereocenters. The van der Waals surface area contributed by atoms with E-state index in [1.165, 1.54) is 6.07 Å². The van der Waals surface area contributed by atoms with E-state index in [-0.39, 0.29) is 5.82 Å². The Bertz CT molecular complexity index is 888. The largest absolute Gasteiger partial charge is 0.328 e. The van der Waals surface area contributed by atoms with E-state index in [0.29, 0.717) is 36.0 Å². The molecule has 0 amide bonds. The standard InChI is InChI=1S/C13H6BrCl2FN2S/c14-6-4-5-8(11(16)10(6)15)19-9-3-1-2-7(17)12(9)18-13(19)20/h1-5H,(H,18,20). The zero-order valence-electron chi connectivity index (χ0n) is 9.75. The number of fused-ring (bicyclic) bond motifs is 1. The van der Waals surface area contributed by atoms with E-state index in [4.69, 9.17) is 35.4 Å². The normalized spacial score (nSPS) is 11.2. The predicted octanol–water partition coefficient (Wildman–Crippen LogP) is 5.90. The minimum Gasteiger partial charge on any atom is -0.328 e. The van der Waals surface area contributed by atoms with Gasteiger partial charge >= 0.3 is 0 Å². The fourth-order valence-corrected chi connectivity index (χ4v) is 3.18. The molecular weight excluding hydrogens is 386 g/mol. The second kappa shape index (κ2) is 5.15. The van der Waals surface area contributed by atoms with Crippen LogP contribution in [0.4, 0.5) is 4.39 Å². The van der Waals surface area contributed by atoms with Gasteiger partial charge in [-0.2, -0.15) is 0 Å². The molecule has 0 aliphatic carbocycles. The smallest absolute Gasteiger partial charge is 0.182 e. The molecule has 0 unspecified atom stereocenters. The minimum absolute atomic E-state index is 0.340. The number of halogens is 4. The summed E-state index contributed by atoms with van der Waals surface area (Å²) in [7, 11) is 0. The first-order chi connectivity index (χ1) is 9.50. The summed E-state index contributed by atoms with van der Waals surface area (Å²) in [5, 5.41) is 0.735. The number of hydrogen-bond acceptors (Lipinski definition) is 1. The van der Waals surface area contributed by atoms with Crippen molar-refractivity contribution in [2.75, 3.05) is 0 Å². The van der Waals surface area contributed by atoms with Crippen molar-refractivity contribution in [3.8, 4) is 5.69 Å². The van der Waals surface area contributed by atoms with Gasteiger partial charge < -0.3 is 4.98 Å². The summed E-state index contributed by atoms with van der Waals surface area (Å²) >= 11 is 21.0. The lowest BCUT2D eigenvalue weighted by atomic mass is 10.2. The van der Waals surface area contributed by atoms with Gasteiger partial charge in [0.05, 0.1) is 21.2 Å². The molecule has 2 nitrogen and oxygen atoms in total. The van der Waals surface area contributed by atoms with Crippen molar-refractivity contribution in [3.05, 3.63) is 55.4 Å². The molecule has 3 aromatic rings. The van der Waals surface area contributed by atoms with Gasteiger partial charge in [0.15, 0.2) is 4.77 Å². The third-order valence-corrected chi connectivity index (χ3v) is 4.97. The topological polar surface area (TPSA) is 20.7 Å². The number of aromatic nitrogens is 2. The van der Waals surface area contributed by atoms with Gasteiger partial charge in [-0.3, -0.25) is 4.57 Å². The second-order valence-electron chi connectivity index (χ2n) is 4.09. The van der Waals surface area contributed by atoms with Crippen LogP contribution in [0, 0.1) is 10.6 Å². The van der Waals surface area contributed by atoms with Crippen LogP contribution in [0.5, 0.6) is 0 Å². The van der Waals surface area contributed by atoms with Crippen molar-refractivity contribution >= 4 is 62.4 Å². The number of H-pyrrole nitrogens is 1. The van der Waals surface area contributed by atoms with Gasteiger partial charge in [0.1, 0.15) is 11.3 Å². The summed E-state index contributed by atoms with van der Waals surface area (Å²) in [6.45, 7) is 0. The van der Waals surface area contributed by atoms with Crippen molar-refractivity contribution in [2.45, 2.75) is 0 Å². The van der Waals surface area contributed by atoms with E-state index >= 15 is 0 Å². The molecule has 2 aromatic carbocycles. The van der Waals surface area contributed by atoms with Crippen LogP contribution in [0.1, 0.15) is 0 Å². The van der Waals surface area contributed by atoms with E-state index in [1.54, 1.807) is 28.8 Å². The Balaban J connectivity index is 2.42. The number of benzene rings is 2. The average Bonchev–Trinajstić information content (AvgIpc) is 2.75. The first kappa shape index (κ1) is 14.1. The maximum absolute atomic E-state index is 13.8. The maximum atomic E-state index is 13.8. The Hall–Kier alpha value is -0.880. The van der Waals surface area contributed by atoms with Crippen molar-refractivity contribution < 1.29 is 4.39 Å². The van der Waals surface area contributed by atoms with Crippen LogP contribution >= 0.6 is 51.3 Å². The molecule has 0 saturated carbocycles. The Morgan fingerprint density at radius 1 is 1.15 bits per heavy atom. The molecule has 3 rings (SSSR count). The Morgan fingerprint density at radius 3 is 2.65 bits per heavy atom. The number of para-hydroxylation sites is 1. The quantitative estimate of drug-likeness (QED) is 0.404. The second-order valence-corrected chi connectivity index (χ2v) is 6.09. The summed E-state index contributed by atoms with van der Waals surface area (Å²) in [5.41, 5.74) is 1.55. The first-order valence-electron chi connectivity index (χ1n) is 5.54. The number of nitrogens with one attached hydrogen (secondary N) is 1. The average molecular weight is 392 g/mol. The fourth-order valence-electron chi connectivity index (χ4n) is 2.02. The van der Waals surface area contributed by atoms with E-state index in [0.717, 1.165) is 0 Å². The number of nitrogens with zero attached hydrogens (tertiary/aromatic N) is 1. The summed E-state index contributed by atoms with van der Waals surface area (Å²) < 4.78 is 16.5. The lowest BCUT2D eigenvalue weighted by Crippen LogP contribution is -1.96. The fraction of sp³-hybridized carbons (Fsp3) is 0. The zero-order chi connectivity index (χ0) is 14.4. The van der Waals surface area contributed by atoms with E-state index in [1.807, 2.05) is 0 Å². The molecule has 20 heavy (non-hydrogen) atoms. The van der Waals surface area contributed by atoms with Gasteiger partial charge in [0, 0.05) is 4.47 Å². The SMILES string of the molecule is Fc1cccc2c1[nH]c(=S)n2-c1ccc(Br)c(Cl)c1Cl. The first-order valence-corrected chi connectivity index (χ1v) is 7.49. The van der Waals surface area contributed by atoms with Gasteiger partial charge in [-0.05, 0) is 52.4 Å². The minimum atomic E-state index is -0.369. The lowest BCUT2D eigenvalue weighted by Gasteiger charge is -2.09. The highest BCUT2D eigenvalue weighted by Crippen LogP contribution is 2.36. The highest BCUT2D eigenvalue weighted by Gasteiger charge is 2.15. The predicted molar refractivity (Wildman–Crippen MR) is 86.1 cm³/mol. The summed E-state index contributed by atoms with van der Waals surface area (Å²) in [5.74, 6) is -0.369. The Labute approximate surface area is 137 Å². The number of aromatic amines is 1. The van der Waals surface area contributed by atoms with Crippen molar-refractivity contribution in [1.29, 1.82) is 0 Å². The summed E-state index contributed by atoms with van der Waals surface area (Å²) in [6, 6.07) is 8.28. The summed E-state index contributed by atoms with van der Waals surface area (Å²) in [4.78, 5) is 2.84. The zero-order valence-corrected chi connectivity index (χ0v) is 13.7. The van der Waals surface area contributed by atoms with Crippen LogP contribution < -0.4 is 0 Å². The molecule has 0 aliphatic rings. The van der Waals surface area contributed by atoms with E-state index in [9.17, 15) is 4.39 Å². The van der Waals surface area contributed by atoms with Crippen molar-refractivity contribution in [1.82, 2.24) is 9.55 Å². The third kappa shape index (κ3) is 2.09. The Kier molecular flexibility index (Phi) is 3.62. The van der Waals surface area contributed by atoms with Gasteiger partial charge in [0.25, 0.3) is 0 Å². The van der Waals surface area contributed by atoms with Crippen LogP contribution in [-0.4, -0.2) is 9.55 Å². The van der Waals surface area contributed by atoms with Crippen LogP contribution in [0.25, 0.3) is 16.7 Å². The highest BCUT2D eigenvalue weighted by molar-refractivity contribution is 9.10. The highest BCUT2D eigenvalue weighted by atomic mass is 79.9. The molecule has 102 valence electrons. The van der Waals surface area contributed by atoms with E-state index in [2.05, 4.69) is 20.9 Å². The number of rotatable bonds is 1. The van der Waals surface area contributed by atoms with Crippen LogP contribution in [0.2, 0.25) is 10.0 Å². The van der Waals surface area contributed by atoms with Crippen molar-refractivity contribution in [3.63, 3.8) is 0 Å². The van der Waals surface area contributed by atoms with Gasteiger partial charge in [0.2, 0.25) is 0 Å². The summed E-state index contributed by atoms with van der Waals surface area (Å²) in [6.07, 6.45) is 0. The molecule has 0 saturated heterocycles. The molecule has 0 radical (unpaired) electrons. The molecule has 7 heteroatoms. The molecule has 0 fully saturated rings. The molecule has 0 aliphatic heterocycles. The van der Waals surface area contributed by atoms with Gasteiger partial charge in [-0.25, -0.2) is 4.39 Å². The maximum Gasteiger partial charge on any atom is 0.182 e. The molecule has 0 spiro atoms. The lowest BCUT2D eigenvalue weighted by molar-refractivity contribution is 0.637. The number of imidazole rings is 1. The molecular formula is C13H6BrCl2FN2S. The number of hydrogen-bond donors (Lipinski definition) is 1. The van der Waals surface area contributed by atoms with Gasteiger partial charge in [-0.15, -0.1) is 0 Å². The van der Waals surface area contributed by atoms with Crippen LogP contribution in [0.15, 0.2) is 34.8 Å².